The van der Waals surface area contributed by atoms with Crippen molar-refractivity contribution in [1.82, 2.24) is 9.97 Å². The number of aromatic nitrogens is 2. The van der Waals surface area contributed by atoms with Gasteiger partial charge in [0.2, 0.25) is 0 Å². The van der Waals surface area contributed by atoms with Crippen LogP contribution in [0.15, 0.2) is 42.5 Å². The lowest BCUT2D eigenvalue weighted by molar-refractivity contribution is 0.396. The Morgan fingerprint density at radius 1 is 0.935 bits per heavy atom. The van der Waals surface area contributed by atoms with Gasteiger partial charge in [-0.1, -0.05) is 24.6 Å². The van der Waals surface area contributed by atoms with E-state index in [0.717, 1.165) is 48.8 Å². The van der Waals surface area contributed by atoms with Crippen LogP contribution in [-0.2, 0) is 0 Å². The number of hydrogen-bond donors (Lipinski definition) is 0. The third kappa shape index (κ3) is 3.82. The van der Waals surface area contributed by atoms with Gasteiger partial charge in [-0.25, -0.2) is 9.97 Å². The molecule has 0 spiro atoms. The number of piperidine rings is 1. The van der Waals surface area contributed by atoms with Gasteiger partial charge < -0.3 is 14.5 Å². The third-order valence-electron chi connectivity index (χ3n) is 7.04. The zero-order chi connectivity index (χ0) is 21.4. The van der Waals surface area contributed by atoms with Gasteiger partial charge in [-0.2, -0.15) is 0 Å². The van der Waals surface area contributed by atoms with Crippen LogP contribution in [0.25, 0.3) is 10.9 Å². The topological polar surface area (TPSA) is 41.5 Å². The Hall–Kier alpha value is -2.82. The second-order valence-electron chi connectivity index (χ2n) is 9.13. The van der Waals surface area contributed by atoms with Crippen molar-refractivity contribution in [3.63, 3.8) is 0 Å². The van der Waals surface area contributed by atoms with Gasteiger partial charge in [0.05, 0.1) is 12.6 Å². The highest BCUT2D eigenvalue weighted by atomic mass is 16.5. The minimum atomic E-state index is 0.530. The Morgan fingerprint density at radius 3 is 2.39 bits per heavy atom. The van der Waals surface area contributed by atoms with Crippen LogP contribution in [0.3, 0.4) is 0 Å². The van der Waals surface area contributed by atoms with Crippen molar-refractivity contribution in [3.05, 3.63) is 53.9 Å². The minimum Gasteiger partial charge on any atom is -0.496 e. The largest absolute Gasteiger partial charge is 0.496 e. The number of nitrogens with zero attached hydrogens (tertiary/aromatic N) is 4. The molecule has 2 fully saturated rings. The van der Waals surface area contributed by atoms with E-state index in [0.29, 0.717) is 11.8 Å². The molecule has 0 amide bonds. The Balaban J connectivity index is 1.47. The van der Waals surface area contributed by atoms with Gasteiger partial charge in [0.1, 0.15) is 17.4 Å². The summed E-state index contributed by atoms with van der Waals surface area (Å²) in [6, 6.07) is 15.0. The second-order valence-corrected chi connectivity index (χ2v) is 9.13. The second kappa shape index (κ2) is 8.37. The molecule has 1 saturated carbocycles. The number of fused-ring (bicyclic) bond motifs is 1. The van der Waals surface area contributed by atoms with Crippen molar-refractivity contribution in [3.8, 4) is 5.75 Å². The zero-order valence-corrected chi connectivity index (χ0v) is 18.8. The lowest BCUT2D eigenvalue weighted by Crippen LogP contribution is -2.34. The van der Waals surface area contributed by atoms with Crippen molar-refractivity contribution in [2.45, 2.75) is 43.9 Å². The van der Waals surface area contributed by atoms with Crippen LogP contribution in [-0.4, -0.2) is 44.3 Å². The highest BCUT2D eigenvalue weighted by molar-refractivity contribution is 5.92. The summed E-state index contributed by atoms with van der Waals surface area (Å²) >= 11 is 0. The standard InChI is InChI=1S/C26H32N4O/c1-29(2)20-11-12-23-22(17-20)26(28-25(27-23)19-7-6-8-19)30-15-13-18(14-16-30)21-9-4-5-10-24(21)31-3/h4-5,9-12,17-19H,6-8,13-16H2,1-3H3. The molecule has 0 radical (unpaired) electrons. The third-order valence-corrected chi connectivity index (χ3v) is 7.04. The van der Waals surface area contributed by atoms with Crippen LogP contribution in [0.2, 0.25) is 0 Å². The first-order valence-electron chi connectivity index (χ1n) is 11.5. The first-order chi connectivity index (χ1) is 15.1. The molecule has 2 aromatic carbocycles. The fourth-order valence-electron chi connectivity index (χ4n) is 4.89. The van der Waals surface area contributed by atoms with E-state index < -0.39 is 0 Å². The molecule has 0 bridgehead atoms. The van der Waals surface area contributed by atoms with E-state index in [2.05, 4.69) is 66.4 Å². The molecule has 162 valence electrons. The summed E-state index contributed by atoms with van der Waals surface area (Å²) < 4.78 is 5.63. The molecule has 1 saturated heterocycles. The molecule has 0 N–H and O–H groups in total. The molecule has 1 aliphatic carbocycles. The molecule has 3 aromatic rings. The molecule has 5 heteroatoms. The van der Waals surface area contributed by atoms with Crippen molar-refractivity contribution in [2.75, 3.05) is 44.1 Å². The molecule has 0 unspecified atom stereocenters. The fraction of sp³-hybridized carbons (Fsp3) is 0.462. The Bertz CT molecular complexity index is 1070. The van der Waals surface area contributed by atoms with Crippen molar-refractivity contribution in [2.24, 2.45) is 0 Å². The highest BCUT2D eigenvalue weighted by Crippen LogP contribution is 2.39. The Kier molecular flexibility index (Phi) is 5.43. The first-order valence-corrected chi connectivity index (χ1v) is 11.5. The average molecular weight is 417 g/mol. The Morgan fingerprint density at radius 2 is 1.71 bits per heavy atom. The smallest absolute Gasteiger partial charge is 0.140 e. The molecule has 5 rings (SSSR count). The van der Waals surface area contributed by atoms with E-state index >= 15 is 0 Å². The van der Waals surface area contributed by atoms with Gasteiger partial charge in [0, 0.05) is 44.2 Å². The summed E-state index contributed by atoms with van der Waals surface area (Å²) in [6.45, 7) is 2.01. The molecule has 5 nitrogen and oxygen atoms in total. The Labute approximate surface area is 185 Å². The summed E-state index contributed by atoms with van der Waals surface area (Å²) in [5, 5.41) is 1.17. The average Bonchev–Trinajstić information content (AvgIpc) is 2.77. The molecule has 0 atom stereocenters. The van der Waals surface area contributed by atoms with Crippen LogP contribution in [0.1, 0.15) is 55.3 Å². The SMILES string of the molecule is COc1ccccc1C1CCN(c2nc(C3CCC3)nc3ccc(N(C)C)cc23)CC1. The first kappa shape index (κ1) is 20.1. The molecule has 2 aliphatic rings. The zero-order valence-electron chi connectivity index (χ0n) is 18.8. The summed E-state index contributed by atoms with van der Waals surface area (Å²) in [6.07, 6.45) is 5.95. The fourth-order valence-corrected chi connectivity index (χ4v) is 4.89. The van der Waals surface area contributed by atoms with E-state index in [1.54, 1.807) is 7.11 Å². The van der Waals surface area contributed by atoms with Crippen molar-refractivity contribution >= 4 is 22.4 Å². The predicted octanol–water partition coefficient (Wildman–Crippen LogP) is 5.36. The van der Waals surface area contributed by atoms with Crippen LogP contribution in [0.4, 0.5) is 11.5 Å². The van der Waals surface area contributed by atoms with Gasteiger partial charge in [-0.15, -0.1) is 0 Å². The maximum atomic E-state index is 5.63. The number of methoxy groups -OCH3 is 1. The quantitative estimate of drug-likeness (QED) is 0.560. The number of rotatable bonds is 5. The van der Waals surface area contributed by atoms with Crippen molar-refractivity contribution in [1.29, 1.82) is 0 Å². The number of benzene rings is 2. The van der Waals surface area contributed by atoms with Crippen LogP contribution < -0.4 is 14.5 Å². The summed E-state index contributed by atoms with van der Waals surface area (Å²) in [4.78, 5) is 14.7. The number of hydrogen-bond acceptors (Lipinski definition) is 5. The monoisotopic (exact) mass is 416 g/mol. The molecule has 2 heterocycles. The molecule has 31 heavy (non-hydrogen) atoms. The van der Waals surface area contributed by atoms with E-state index in [4.69, 9.17) is 14.7 Å². The van der Waals surface area contributed by atoms with Gasteiger partial charge in [-0.05, 0) is 61.4 Å². The van der Waals surface area contributed by atoms with E-state index in [1.165, 1.54) is 35.9 Å². The number of anilines is 2. The van der Waals surface area contributed by atoms with Gasteiger partial charge in [-0.3, -0.25) is 0 Å². The van der Waals surface area contributed by atoms with Crippen LogP contribution in [0, 0.1) is 0 Å². The van der Waals surface area contributed by atoms with Gasteiger partial charge >= 0.3 is 0 Å². The van der Waals surface area contributed by atoms with Gasteiger partial charge in [0.25, 0.3) is 0 Å². The van der Waals surface area contributed by atoms with E-state index in [9.17, 15) is 0 Å². The molecule has 1 aliphatic heterocycles. The van der Waals surface area contributed by atoms with Crippen LogP contribution >= 0.6 is 0 Å². The van der Waals surface area contributed by atoms with Crippen LogP contribution in [0.5, 0.6) is 5.75 Å². The summed E-state index contributed by atoms with van der Waals surface area (Å²) in [5.41, 5.74) is 3.60. The summed E-state index contributed by atoms with van der Waals surface area (Å²) in [5.74, 6) is 4.23. The minimum absolute atomic E-state index is 0.530. The molecule has 1 aromatic heterocycles. The van der Waals surface area contributed by atoms with E-state index in [1.807, 2.05) is 0 Å². The van der Waals surface area contributed by atoms with Crippen molar-refractivity contribution < 1.29 is 4.74 Å². The summed E-state index contributed by atoms with van der Waals surface area (Å²) in [7, 11) is 5.94. The van der Waals surface area contributed by atoms with Gasteiger partial charge in [0.15, 0.2) is 0 Å². The highest BCUT2D eigenvalue weighted by Gasteiger charge is 2.28. The molecular weight excluding hydrogens is 384 g/mol. The normalized spacial score (nSPS) is 17.6. The number of para-hydroxylation sites is 1. The lowest BCUT2D eigenvalue weighted by atomic mass is 9.84. The molecular formula is C26H32N4O. The van der Waals surface area contributed by atoms with E-state index in [-0.39, 0.29) is 0 Å². The predicted molar refractivity (Wildman–Crippen MR) is 128 cm³/mol. The lowest BCUT2D eigenvalue weighted by Gasteiger charge is -2.35. The maximum Gasteiger partial charge on any atom is 0.140 e. The number of ether oxygens (including phenoxy) is 1. The maximum absolute atomic E-state index is 5.63.